The van der Waals surface area contributed by atoms with Crippen molar-refractivity contribution >= 4 is 16.8 Å². The van der Waals surface area contributed by atoms with E-state index >= 15 is 0 Å². The molecule has 2 aromatic heterocycles. The van der Waals surface area contributed by atoms with Gasteiger partial charge in [-0.05, 0) is 31.0 Å². The Morgan fingerprint density at radius 1 is 1.21 bits per heavy atom. The first-order valence-corrected chi connectivity index (χ1v) is 6.45. The molecule has 98 valence electrons. The van der Waals surface area contributed by atoms with Crippen LogP contribution in [0.4, 0.5) is 5.69 Å². The monoisotopic (exact) mass is 256 g/mol. The quantitative estimate of drug-likeness (QED) is 0.731. The van der Waals surface area contributed by atoms with E-state index in [0.717, 1.165) is 29.7 Å². The fraction of sp³-hybridized carbons (Fsp3) is 0.286. The predicted octanol–water partition coefficient (Wildman–Crippen LogP) is 2.72. The molecule has 0 atom stereocenters. The Labute approximate surface area is 111 Å². The third kappa shape index (κ3) is 1.97. The summed E-state index contributed by atoms with van der Waals surface area (Å²) in [6, 6.07) is 8.03. The summed E-state index contributed by atoms with van der Waals surface area (Å²) < 4.78 is 7.52. The number of nitrogens with two attached hydrogens (primary N) is 1. The Kier molecular flexibility index (Phi) is 2.74. The van der Waals surface area contributed by atoms with E-state index in [1.807, 2.05) is 12.1 Å². The van der Waals surface area contributed by atoms with Crippen LogP contribution in [0.15, 0.2) is 28.7 Å². The van der Waals surface area contributed by atoms with Crippen molar-refractivity contribution in [3.8, 4) is 6.01 Å². The van der Waals surface area contributed by atoms with Crippen molar-refractivity contribution in [3.05, 3.63) is 35.7 Å². The van der Waals surface area contributed by atoms with Crippen molar-refractivity contribution in [2.45, 2.75) is 26.7 Å². The summed E-state index contributed by atoms with van der Waals surface area (Å²) in [4.78, 5) is 4.46. The van der Waals surface area contributed by atoms with Gasteiger partial charge in [-0.25, -0.2) is 0 Å². The summed E-state index contributed by atoms with van der Waals surface area (Å²) >= 11 is 0. The number of benzene rings is 1. The zero-order chi connectivity index (χ0) is 13.4. The molecule has 0 radical (unpaired) electrons. The fourth-order valence-electron chi connectivity index (χ4n) is 2.08. The molecule has 0 spiro atoms. The molecular weight excluding hydrogens is 240 g/mol. The fourth-order valence-corrected chi connectivity index (χ4v) is 2.08. The van der Waals surface area contributed by atoms with Crippen molar-refractivity contribution in [2.24, 2.45) is 0 Å². The molecule has 0 aliphatic heterocycles. The maximum atomic E-state index is 5.74. The van der Waals surface area contributed by atoms with Gasteiger partial charge in [-0.3, -0.25) is 0 Å². The van der Waals surface area contributed by atoms with Crippen molar-refractivity contribution in [2.75, 3.05) is 5.73 Å². The molecule has 0 saturated heterocycles. The normalized spacial score (nSPS) is 11.3. The Hall–Kier alpha value is -2.30. The third-order valence-electron chi connectivity index (χ3n) is 3.14. The largest absolute Gasteiger partial charge is 0.422 e. The van der Waals surface area contributed by atoms with Crippen LogP contribution in [-0.2, 0) is 12.8 Å². The van der Waals surface area contributed by atoms with Crippen LogP contribution in [0.1, 0.15) is 25.2 Å². The van der Waals surface area contributed by atoms with E-state index in [2.05, 4.69) is 30.0 Å². The van der Waals surface area contributed by atoms with E-state index < -0.39 is 0 Å². The van der Waals surface area contributed by atoms with E-state index in [9.17, 15) is 0 Å². The molecule has 19 heavy (non-hydrogen) atoms. The van der Waals surface area contributed by atoms with Crippen LogP contribution in [0.3, 0.4) is 0 Å². The second-order valence-electron chi connectivity index (χ2n) is 4.47. The number of aryl methyl sites for hydroxylation is 2. The lowest BCUT2D eigenvalue weighted by Crippen LogP contribution is -2.01. The van der Waals surface area contributed by atoms with Gasteiger partial charge in [-0.2, -0.15) is 14.8 Å². The van der Waals surface area contributed by atoms with Crippen molar-refractivity contribution in [1.82, 2.24) is 14.8 Å². The molecule has 0 aliphatic rings. The van der Waals surface area contributed by atoms with Gasteiger partial charge in [0.05, 0.1) is 5.69 Å². The highest BCUT2D eigenvalue weighted by Gasteiger charge is 2.13. The summed E-state index contributed by atoms with van der Waals surface area (Å²) in [6.45, 7) is 4.17. The molecule has 5 nitrogen and oxygen atoms in total. The first-order chi connectivity index (χ1) is 9.21. The van der Waals surface area contributed by atoms with Crippen LogP contribution in [0.2, 0.25) is 0 Å². The zero-order valence-electron chi connectivity index (χ0n) is 11.1. The maximum Gasteiger partial charge on any atom is 0.324 e. The smallest absolute Gasteiger partial charge is 0.324 e. The van der Waals surface area contributed by atoms with Crippen molar-refractivity contribution in [3.63, 3.8) is 0 Å². The van der Waals surface area contributed by atoms with Crippen LogP contribution >= 0.6 is 0 Å². The van der Waals surface area contributed by atoms with Crippen LogP contribution < -0.4 is 5.73 Å². The molecule has 0 fully saturated rings. The summed E-state index contributed by atoms with van der Waals surface area (Å²) in [5, 5.41) is 4.52. The molecule has 0 saturated carbocycles. The van der Waals surface area contributed by atoms with Crippen LogP contribution in [0.25, 0.3) is 17.1 Å². The Balaban J connectivity index is 2.15. The average molecular weight is 256 g/mol. The molecule has 1 aromatic carbocycles. The van der Waals surface area contributed by atoms with E-state index in [-0.39, 0.29) is 0 Å². The molecular formula is C14H16N4O. The molecule has 2 heterocycles. The lowest BCUT2D eigenvalue weighted by Gasteiger charge is -1.98. The van der Waals surface area contributed by atoms with Gasteiger partial charge in [0.2, 0.25) is 0 Å². The van der Waals surface area contributed by atoms with Crippen LogP contribution in [0, 0.1) is 0 Å². The topological polar surface area (TPSA) is 69.9 Å². The Morgan fingerprint density at radius 3 is 2.79 bits per heavy atom. The van der Waals surface area contributed by atoms with Gasteiger partial charge >= 0.3 is 6.01 Å². The molecule has 0 bridgehead atoms. The molecule has 0 amide bonds. The minimum atomic E-state index is 0.497. The second kappa shape index (κ2) is 4.42. The number of oxazole rings is 1. The van der Waals surface area contributed by atoms with Crippen LogP contribution in [0.5, 0.6) is 0 Å². The highest BCUT2D eigenvalue weighted by molar-refractivity contribution is 5.77. The van der Waals surface area contributed by atoms with E-state index in [4.69, 9.17) is 10.2 Å². The average Bonchev–Trinajstić information content (AvgIpc) is 3.00. The zero-order valence-corrected chi connectivity index (χ0v) is 11.1. The summed E-state index contributed by atoms with van der Waals surface area (Å²) in [7, 11) is 0. The van der Waals surface area contributed by atoms with Gasteiger partial charge in [0.1, 0.15) is 5.52 Å². The summed E-state index contributed by atoms with van der Waals surface area (Å²) in [5.41, 5.74) is 10.0. The number of anilines is 1. The number of nitrogens with zero attached hydrogens (tertiary/aromatic N) is 3. The molecule has 5 heteroatoms. The van der Waals surface area contributed by atoms with Crippen molar-refractivity contribution in [1.29, 1.82) is 0 Å². The predicted molar refractivity (Wildman–Crippen MR) is 74.3 cm³/mol. The number of nitrogen functional groups attached to an aromatic ring is 1. The Morgan fingerprint density at radius 2 is 2.05 bits per heavy atom. The Bertz CT molecular complexity index is 726. The highest BCUT2D eigenvalue weighted by atomic mass is 16.4. The standard InChI is InChI=1S/C14H16N4O/c1-3-10-8-11(4-2)18(17-10)14-16-12-6-5-9(15)7-13(12)19-14/h5-8H,3-4,15H2,1-2H3. The van der Waals surface area contributed by atoms with E-state index in [0.29, 0.717) is 17.3 Å². The number of fused-ring (bicyclic) bond motifs is 1. The molecule has 0 aliphatic carbocycles. The number of hydrogen-bond acceptors (Lipinski definition) is 4. The van der Waals surface area contributed by atoms with E-state index in [1.54, 1.807) is 10.7 Å². The third-order valence-corrected chi connectivity index (χ3v) is 3.14. The number of rotatable bonds is 3. The van der Waals surface area contributed by atoms with Crippen LogP contribution in [-0.4, -0.2) is 14.8 Å². The number of aromatic nitrogens is 3. The lowest BCUT2D eigenvalue weighted by molar-refractivity contribution is 0.533. The molecule has 3 rings (SSSR count). The van der Waals surface area contributed by atoms with Gasteiger partial charge in [0.25, 0.3) is 0 Å². The SMILES string of the molecule is CCc1cc(CC)n(-c2nc3ccc(N)cc3o2)n1. The second-order valence-corrected chi connectivity index (χ2v) is 4.47. The summed E-state index contributed by atoms with van der Waals surface area (Å²) in [5.74, 6) is 0. The van der Waals surface area contributed by atoms with Gasteiger partial charge in [-0.15, -0.1) is 0 Å². The van der Waals surface area contributed by atoms with E-state index in [1.165, 1.54) is 0 Å². The first-order valence-electron chi connectivity index (χ1n) is 6.45. The minimum Gasteiger partial charge on any atom is -0.422 e. The van der Waals surface area contributed by atoms with Gasteiger partial charge in [0.15, 0.2) is 5.58 Å². The first kappa shape index (κ1) is 11.8. The molecule has 2 N–H and O–H groups in total. The van der Waals surface area contributed by atoms with Gasteiger partial charge in [0, 0.05) is 17.4 Å². The summed E-state index contributed by atoms with van der Waals surface area (Å²) in [6.07, 6.45) is 1.78. The molecule has 3 aromatic rings. The number of hydrogen-bond donors (Lipinski definition) is 1. The highest BCUT2D eigenvalue weighted by Crippen LogP contribution is 2.22. The minimum absolute atomic E-state index is 0.497. The van der Waals surface area contributed by atoms with Crippen molar-refractivity contribution < 1.29 is 4.42 Å². The lowest BCUT2D eigenvalue weighted by atomic mass is 10.3. The maximum absolute atomic E-state index is 5.74. The van der Waals surface area contributed by atoms with Gasteiger partial charge in [-0.1, -0.05) is 13.8 Å². The molecule has 0 unspecified atom stereocenters. The van der Waals surface area contributed by atoms with Gasteiger partial charge < -0.3 is 10.2 Å².